The van der Waals surface area contributed by atoms with Crippen LogP contribution in [-0.4, -0.2) is 0 Å². The lowest BCUT2D eigenvalue weighted by molar-refractivity contribution is 0.146. The van der Waals surface area contributed by atoms with Crippen LogP contribution in [0.4, 0.5) is 0 Å². The lowest BCUT2D eigenvalue weighted by Gasteiger charge is -2.43. The molecule has 4 unspecified atom stereocenters. The molecule has 0 amide bonds. The van der Waals surface area contributed by atoms with Crippen LogP contribution < -0.4 is 0 Å². The number of hydrogen-bond donors (Lipinski definition) is 0. The third kappa shape index (κ3) is 2.06. The monoisotopic (exact) mass is 317 g/mol. The van der Waals surface area contributed by atoms with Gasteiger partial charge in [-0.25, -0.2) is 0 Å². The standard InChI is InChI=1S/C23H27N/c1-5-6-15-22(16-14-19-10-8-7-9-11-19)18(2)12-13-20-21(3,4)23(20,22)17-24/h5-11,14-16,18,20H,1,12-13H2,2-4H3. The first-order chi connectivity index (χ1) is 11.5. The molecule has 0 saturated heterocycles. The first-order valence-electron chi connectivity index (χ1n) is 8.92. The maximum atomic E-state index is 10.2. The minimum absolute atomic E-state index is 0.0546. The fourth-order valence-corrected chi connectivity index (χ4v) is 5.34. The molecule has 2 aliphatic carbocycles. The lowest BCUT2D eigenvalue weighted by Crippen LogP contribution is -2.40. The van der Waals surface area contributed by atoms with Crippen molar-refractivity contribution in [1.82, 2.24) is 0 Å². The zero-order chi connectivity index (χ0) is 17.4. The van der Waals surface area contributed by atoms with E-state index in [0.29, 0.717) is 11.8 Å². The number of nitriles is 1. The van der Waals surface area contributed by atoms with Gasteiger partial charge in [0, 0.05) is 5.41 Å². The molecule has 0 bridgehead atoms. The van der Waals surface area contributed by atoms with Gasteiger partial charge in [-0.15, -0.1) is 0 Å². The number of allylic oxidation sites excluding steroid dienone is 4. The van der Waals surface area contributed by atoms with Crippen molar-refractivity contribution in [2.45, 2.75) is 33.6 Å². The molecule has 0 N–H and O–H groups in total. The summed E-state index contributed by atoms with van der Waals surface area (Å²) in [6.07, 6.45) is 12.9. The van der Waals surface area contributed by atoms with Crippen LogP contribution >= 0.6 is 0 Å². The summed E-state index contributed by atoms with van der Waals surface area (Å²) in [7, 11) is 0. The second-order valence-electron chi connectivity index (χ2n) is 7.94. The van der Waals surface area contributed by atoms with Gasteiger partial charge in [0.05, 0.1) is 11.5 Å². The molecule has 124 valence electrons. The van der Waals surface area contributed by atoms with Crippen molar-refractivity contribution < 1.29 is 0 Å². The van der Waals surface area contributed by atoms with Crippen molar-refractivity contribution in [3.05, 3.63) is 66.8 Å². The molecule has 0 spiro atoms. The number of hydrogen-bond acceptors (Lipinski definition) is 1. The van der Waals surface area contributed by atoms with Crippen LogP contribution in [0.3, 0.4) is 0 Å². The second kappa shape index (κ2) is 5.78. The predicted octanol–water partition coefficient (Wildman–Crippen LogP) is 6.02. The van der Waals surface area contributed by atoms with E-state index in [1.54, 1.807) is 0 Å². The van der Waals surface area contributed by atoms with E-state index in [9.17, 15) is 5.26 Å². The fraction of sp³-hybridized carbons (Fsp3) is 0.435. The van der Waals surface area contributed by atoms with Crippen molar-refractivity contribution in [2.75, 3.05) is 0 Å². The summed E-state index contributed by atoms with van der Waals surface area (Å²) in [5.41, 5.74) is 0.685. The van der Waals surface area contributed by atoms with Gasteiger partial charge in [0.15, 0.2) is 0 Å². The number of rotatable bonds is 4. The first kappa shape index (κ1) is 16.8. The van der Waals surface area contributed by atoms with Crippen LogP contribution in [0.25, 0.3) is 6.08 Å². The highest BCUT2D eigenvalue weighted by molar-refractivity contribution is 5.54. The van der Waals surface area contributed by atoms with Crippen molar-refractivity contribution in [3.63, 3.8) is 0 Å². The van der Waals surface area contributed by atoms with E-state index < -0.39 is 0 Å². The van der Waals surface area contributed by atoms with Gasteiger partial charge < -0.3 is 0 Å². The van der Waals surface area contributed by atoms with Crippen molar-refractivity contribution in [2.24, 2.45) is 28.1 Å². The fourth-order valence-electron chi connectivity index (χ4n) is 5.34. The minimum Gasteiger partial charge on any atom is -0.198 e. The summed E-state index contributed by atoms with van der Waals surface area (Å²) in [5.74, 6) is 0.910. The van der Waals surface area contributed by atoms with Crippen LogP contribution in [0.5, 0.6) is 0 Å². The molecule has 0 aromatic heterocycles. The Bertz CT molecular complexity index is 718. The van der Waals surface area contributed by atoms with Crippen LogP contribution in [0, 0.1) is 39.4 Å². The molecular formula is C23H27N. The Kier molecular flexibility index (Phi) is 4.04. The normalized spacial score (nSPS) is 37.1. The molecule has 0 radical (unpaired) electrons. The molecule has 1 aromatic rings. The Labute approximate surface area is 146 Å². The van der Waals surface area contributed by atoms with Crippen LogP contribution in [-0.2, 0) is 0 Å². The Morgan fingerprint density at radius 2 is 1.88 bits per heavy atom. The van der Waals surface area contributed by atoms with Crippen LogP contribution in [0.2, 0.25) is 0 Å². The molecule has 2 saturated carbocycles. The van der Waals surface area contributed by atoms with E-state index in [1.165, 1.54) is 5.56 Å². The topological polar surface area (TPSA) is 23.8 Å². The van der Waals surface area contributed by atoms with Gasteiger partial charge in [-0.1, -0.05) is 88.1 Å². The third-order valence-electron chi connectivity index (χ3n) is 6.75. The molecule has 0 aliphatic heterocycles. The smallest absolute Gasteiger partial charge is 0.0789 e. The minimum atomic E-state index is -0.317. The summed E-state index contributed by atoms with van der Waals surface area (Å²) in [6.45, 7) is 10.7. The van der Waals surface area contributed by atoms with Crippen molar-refractivity contribution >= 4 is 6.08 Å². The SMILES string of the molecule is C=CC=CC1(C=Cc2ccccc2)C(C)CCC2C(C)(C)C21C#N. The van der Waals surface area contributed by atoms with Gasteiger partial charge >= 0.3 is 0 Å². The van der Waals surface area contributed by atoms with E-state index in [1.807, 2.05) is 18.2 Å². The molecule has 1 aromatic carbocycles. The average Bonchev–Trinajstić information content (AvgIpc) is 3.10. The quantitative estimate of drug-likeness (QED) is 0.622. The molecule has 24 heavy (non-hydrogen) atoms. The molecule has 1 heteroatoms. The Hall–Kier alpha value is -2.07. The predicted molar refractivity (Wildman–Crippen MR) is 101 cm³/mol. The summed E-state index contributed by atoms with van der Waals surface area (Å²) in [6, 6.07) is 13.1. The summed E-state index contributed by atoms with van der Waals surface area (Å²) in [4.78, 5) is 0. The summed E-state index contributed by atoms with van der Waals surface area (Å²) in [5, 5.41) is 10.2. The Morgan fingerprint density at radius 1 is 1.17 bits per heavy atom. The number of benzene rings is 1. The molecule has 2 fully saturated rings. The van der Waals surface area contributed by atoms with E-state index in [4.69, 9.17) is 0 Å². The molecule has 0 heterocycles. The van der Waals surface area contributed by atoms with Gasteiger partial charge in [0.25, 0.3) is 0 Å². The number of nitrogens with zero attached hydrogens (tertiary/aromatic N) is 1. The molecular weight excluding hydrogens is 290 g/mol. The van der Waals surface area contributed by atoms with E-state index >= 15 is 0 Å². The lowest BCUT2D eigenvalue weighted by atomic mass is 9.58. The highest BCUT2D eigenvalue weighted by Gasteiger charge is 2.80. The van der Waals surface area contributed by atoms with Crippen molar-refractivity contribution in [1.29, 1.82) is 5.26 Å². The third-order valence-corrected chi connectivity index (χ3v) is 6.75. The summed E-state index contributed by atoms with van der Waals surface area (Å²) >= 11 is 0. The molecule has 1 nitrogen and oxygen atoms in total. The zero-order valence-electron chi connectivity index (χ0n) is 15.0. The molecule has 2 aliphatic rings. The van der Waals surface area contributed by atoms with Crippen LogP contribution in [0.1, 0.15) is 39.2 Å². The van der Waals surface area contributed by atoms with Crippen LogP contribution in [0.15, 0.2) is 61.2 Å². The maximum absolute atomic E-state index is 10.2. The second-order valence-corrected chi connectivity index (χ2v) is 7.94. The first-order valence-corrected chi connectivity index (χ1v) is 8.92. The van der Waals surface area contributed by atoms with Crippen molar-refractivity contribution in [3.8, 4) is 6.07 Å². The van der Waals surface area contributed by atoms with Gasteiger partial charge in [-0.3, -0.25) is 0 Å². The maximum Gasteiger partial charge on any atom is 0.0789 e. The van der Waals surface area contributed by atoms with E-state index in [0.717, 1.165) is 12.8 Å². The number of fused-ring (bicyclic) bond motifs is 1. The summed E-state index contributed by atoms with van der Waals surface area (Å²) < 4.78 is 0. The zero-order valence-corrected chi connectivity index (χ0v) is 15.0. The van der Waals surface area contributed by atoms with Gasteiger partial charge in [0.2, 0.25) is 0 Å². The van der Waals surface area contributed by atoms with Gasteiger partial charge in [-0.05, 0) is 35.7 Å². The van der Waals surface area contributed by atoms with E-state index in [-0.39, 0.29) is 16.2 Å². The largest absolute Gasteiger partial charge is 0.198 e. The van der Waals surface area contributed by atoms with E-state index in [2.05, 4.69) is 75.9 Å². The molecule has 3 rings (SSSR count). The average molecular weight is 317 g/mol. The Balaban J connectivity index is 2.14. The Morgan fingerprint density at radius 3 is 2.50 bits per heavy atom. The van der Waals surface area contributed by atoms with Gasteiger partial charge in [0.1, 0.15) is 0 Å². The highest BCUT2D eigenvalue weighted by Crippen LogP contribution is 2.82. The van der Waals surface area contributed by atoms with Gasteiger partial charge in [-0.2, -0.15) is 5.26 Å². The highest BCUT2D eigenvalue weighted by atomic mass is 14.8. The molecule has 4 atom stereocenters.